The minimum Gasteiger partial charge on any atom is -0.348 e. The third-order valence-corrected chi connectivity index (χ3v) is 2.70. The molecule has 0 spiro atoms. The van der Waals surface area contributed by atoms with Crippen molar-refractivity contribution in [2.45, 2.75) is 19.4 Å². The molecular weight excluding hydrogens is 268 g/mol. The summed E-state index contributed by atoms with van der Waals surface area (Å²) in [5.74, 6) is -0.630. The van der Waals surface area contributed by atoms with Gasteiger partial charge in [0.2, 0.25) is 0 Å². The van der Waals surface area contributed by atoms with Crippen LogP contribution >= 0.6 is 0 Å². The number of nitro benzene ring substituents is 2. The second-order valence-corrected chi connectivity index (χ2v) is 4.07. The SMILES string of the molecule is CCC(CN)NC(=O)c1cc([N+](=O)[O-])cc([N+](=O)[O-])c1. The molecule has 1 atom stereocenters. The fourth-order valence-corrected chi connectivity index (χ4v) is 1.53. The maximum absolute atomic E-state index is 11.9. The highest BCUT2D eigenvalue weighted by atomic mass is 16.6. The van der Waals surface area contributed by atoms with Crippen LogP contribution in [0, 0.1) is 20.2 Å². The number of amides is 1. The molecule has 0 aliphatic heterocycles. The number of carbonyl (C=O) groups is 1. The van der Waals surface area contributed by atoms with Crippen LogP contribution in [-0.2, 0) is 0 Å². The standard InChI is InChI=1S/C11H14N4O5/c1-2-8(6-12)13-11(16)7-3-9(14(17)18)5-10(4-7)15(19)20/h3-5,8H,2,6,12H2,1H3,(H,13,16). The number of nitro groups is 2. The van der Waals surface area contributed by atoms with Crippen LogP contribution in [0.3, 0.4) is 0 Å². The number of hydrogen-bond acceptors (Lipinski definition) is 6. The van der Waals surface area contributed by atoms with Gasteiger partial charge in [0.25, 0.3) is 17.3 Å². The Hall–Kier alpha value is -2.55. The molecule has 108 valence electrons. The third kappa shape index (κ3) is 3.72. The van der Waals surface area contributed by atoms with E-state index in [1.807, 2.05) is 6.92 Å². The predicted octanol–water partition coefficient (Wildman–Crippen LogP) is 0.970. The van der Waals surface area contributed by atoms with Crippen LogP contribution in [0.5, 0.6) is 0 Å². The summed E-state index contributed by atoms with van der Waals surface area (Å²) in [7, 11) is 0. The quantitative estimate of drug-likeness (QED) is 0.588. The van der Waals surface area contributed by atoms with Gasteiger partial charge in [-0.2, -0.15) is 0 Å². The van der Waals surface area contributed by atoms with E-state index in [4.69, 9.17) is 5.73 Å². The van der Waals surface area contributed by atoms with Crippen molar-refractivity contribution in [3.8, 4) is 0 Å². The highest BCUT2D eigenvalue weighted by molar-refractivity contribution is 5.95. The first-order valence-electron chi connectivity index (χ1n) is 5.83. The molecule has 0 radical (unpaired) electrons. The first-order valence-corrected chi connectivity index (χ1v) is 5.83. The predicted molar refractivity (Wildman–Crippen MR) is 70.4 cm³/mol. The van der Waals surface area contributed by atoms with E-state index in [0.29, 0.717) is 6.42 Å². The van der Waals surface area contributed by atoms with Crippen LogP contribution in [0.1, 0.15) is 23.7 Å². The van der Waals surface area contributed by atoms with Gasteiger partial charge in [0.1, 0.15) is 0 Å². The second-order valence-electron chi connectivity index (χ2n) is 4.07. The zero-order valence-corrected chi connectivity index (χ0v) is 10.7. The molecule has 20 heavy (non-hydrogen) atoms. The summed E-state index contributed by atoms with van der Waals surface area (Å²) >= 11 is 0. The Balaban J connectivity index is 3.13. The normalized spacial score (nSPS) is 11.7. The lowest BCUT2D eigenvalue weighted by Gasteiger charge is -2.14. The van der Waals surface area contributed by atoms with Crippen molar-refractivity contribution in [2.24, 2.45) is 5.73 Å². The van der Waals surface area contributed by atoms with Gasteiger partial charge < -0.3 is 11.1 Å². The average molecular weight is 282 g/mol. The molecule has 1 rings (SSSR count). The zero-order valence-electron chi connectivity index (χ0n) is 10.7. The van der Waals surface area contributed by atoms with Gasteiger partial charge in [-0.1, -0.05) is 6.92 Å². The van der Waals surface area contributed by atoms with Crippen molar-refractivity contribution in [1.82, 2.24) is 5.32 Å². The topological polar surface area (TPSA) is 141 Å². The number of nitrogens with two attached hydrogens (primary N) is 1. The molecular formula is C11H14N4O5. The van der Waals surface area contributed by atoms with Crippen LogP contribution in [-0.4, -0.2) is 28.3 Å². The molecule has 3 N–H and O–H groups in total. The van der Waals surface area contributed by atoms with Gasteiger partial charge in [-0.25, -0.2) is 0 Å². The number of benzene rings is 1. The summed E-state index contributed by atoms with van der Waals surface area (Å²) in [5.41, 5.74) is 4.28. The average Bonchev–Trinajstić information content (AvgIpc) is 2.43. The van der Waals surface area contributed by atoms with Crippen molar-refractivity contribution in [1.29, 1.82) is 0 Å². The zero-order chi connectivity index (χ0) is 15.3. The fourth-order valence-electron chi connectivity index (χ4n) is 1.53. The van der Waals surface area contributed by atoms with Crippen molar-refractivity contribution in [2.75, 3.05) is 6.54 Å². The lowest BCUT2D eigenvalue weighted by molar-refractivity contribution is -0.394. The first kappa shape index (κ1) is 15.5. The molecule has 0 aliphatic carbocycles. The van der Waals surface area contributed by atoms with Gasteiger partial charge in [-0.15, -0.1) is 0 Å². The molecule has 0 saturated heterocycles. The third-order valence-electron chi connectivity index (χ3n) is 2.70. The summed E-state index contributed by atoms with van der Waals surface area (Å²) in [6.45, 7) is 2.02. The Labute approximate surface area is 114 Å². The molecule has 9 nitrogen and oxygen atoms in total. The van der Waals surface area contributed by atoms with E-state index in [-0.39, 0.29) is 18.2 Å². The van der Waals surface area contributed by atoms with Gasteiger partial charge in [0.15, 0.2) is 0 Å². The number of nitrogens with one attached hydrogen (secondary N) is 1. The number of hydrogen-bond donors (Lipinski definition) is 2. The molecule has 1 aromatic carbocycles. The Morgan fingerprint density at radius 3 is 2.10 bits per heavy atom. The smallest absolute Gasteiger partial charge is 0.277 e. The molecule has 0 fully saturated rings. The Morgan fingerprint density at radius 2 is 1.75 bits per heavy atom. The van der Waals surface area contributed by atoms with Gasteiger partial charge in [0.05, 0.1) is 21.5 Å². The minimum atomic E-state index is -0.788. The van der Waals surface area contributed by atoms with Crippen molar-refractivity contribution in [3.63, 3.8) is 0 Å². The highest BCUT2D eigenvalue weighted by Crippen LogP contribution is 2.22. The second kappa shape index (κ2) is 6.57. The van der Waals surface area contributed by atoms with Crippen LogP contribution < -0.4 is 11.1 Å². The fraction of sp³-hybridized carbons (Fsp3) is 0.364. The number of rotatable bonds is 6. The number of non-ortho nitro benzene ring substituents is 2. The van der Waals surface area contributed by atoms with E-state index in [2.05, 4.69) is 5.32 Å². The molecule has 0 saturated carbocycles. The van der Waals surface area contributed by atoms with E-state index >= 15 is 0 Å². The lowest BCUT2D eigenvalue weighted by atomic mass is 10.1. The van der Waals surface area contributed by atoms with Gasteiger partial charge in [-0.3, -0.25) is 25.0 Å². The molecule has 0 bridgehead atoms. The molecule has 1 aromatic rings. The molecule has 1 unspecified atom stereocenters. The number of nitrogens with zero attached hydrogens (tertiary/aromatic N) is 2. The van der Waals surface area contributed by atoms with E-state index in [0.717, 1.165) is 18.2 Å². The van der Waals surface area contributed by atoms with E-state index < -0.39 is 27.1 Å². The van der Waals surface area contributed by atoms with Crippen molar-refractivity contribution < 1.29 is 14.6 Å². The van der Waals surface area contributed by atoms with E-state index in [1.54, 1.807) is 0 Å². The molecule has 0 aromatic heterocycles. The number of carbonyl (C=O) groups excluding carboxylic acids is 1. The van der Waals surface area contributed by atoms with Crippen LogP contribution in [0.15, 0.2) is 18.2 Å². The largest absolute Gasteiger partial charge is 0.348 e. The maximum Gasteiger partial charge on any atom is 0.277 e. The molecule has 1 amide bonds. The molecule has 9 heteroatoms. The van der Waals surface area contributed by atoms with E-state index in [1.165, 1.54) is 0 Å². The van der Waals surface area contributed by atoms with Gasteiger partial charge in [0, 0.05) is 24.7 Å². The van der Waals surface area contributed by atoms with Crippen LogP contribution in [0.25, 0.3) is 0 Å². The van der Waals surface area contributed by atoms with E-state index in [9.17, 15) is 25.0 Å². The molecule has 0 aliphatic rings. The lowest BCUT2D eigenvalue weighted by Crippen LogP contribution is -2.39. The Kier molecular flexibility index (Phi) is 5.09. The highest BCUT2D eigenvalue weighted by Gasteiger charge is 2.20. The monoisotopic (exact) mass is 282 g/mol. The summed E-state index contributed by atoms with van der Waals surface area (Å²) < 4.78 is 0. The summed E-state index contributed by atoms with van der Waals surface area (Å²) in [6.07, 6.45) is 0.583. The minimum absolute atomic E-state index is 0.141. The Morgan fingerprint density at radius 1 is 1.25 bits per heavy atom. The van der Waals surface area contributed by atoms with Crippen LogP contribution in [0.2, 0.25) is 0 Å². The van der Waals surface area contributed by atoms with Gasteiger partial charge in [-0.05, 0) is 6.42 Å². The van der Waals surface area contributed by atoms with Gasteiger partial charge >= 0.3 is 0 Å². The van der Waals surface area contributed by atoms with Crippen LogP contribution in [0.4, 0.5) is 11.4 Å². The first-order chi connectivity index (χ1) is 9.38. The summed E-state index contributed by atoms with van der Waals surface area (Å²) in [6, 6.07) is 2.49. The molecule has 0 heterocycles. The van der Waals surface area contributed by atoms with Crippen molar-refractivity contribution >= 4 is 17.3 Å². The van der Waals surface area contributed by atoms with Crippen molar-refractivity contribution in [3.05, 3.63) is 44.0 Å². The maximum atomic E-state index is 11.9. The summed E-state index contributed by atoms with van der Waals surface area (Å²) in [4.78, 5) is 31.8. The summed E-state index contributed by atoms with van der Waals surface area (Å²) in [5, 5.41) is 24.0. The Bertz CT molecular complexity index is 509.